The summed E-state index contributed by atoms with van der Waals surface area (Å²) in [5, 5.41) is 25.2. The Morgan fingerprint density at radius 3 is 2.68 bits per heavy atom. The van der Waals surface area contributed by atoms with Crippen molar-refractivity contribution in [2.75, 3.05) is 37.5 Å². The van der Waals surface area contributed by atoms with Crippen LogP contribution < -0.4 is 15.4 Å². The van der Waals surface area contributed by atoms with Gasteiger partial charge in [0.15, 0.2) is 6.61 Å². The van der Waals surface area contributed by atoms with Crippen LogP contribution in [0.2, 0.25) is 0 Å². The van der Waals surface area contributed by atoms with Crippen LogP contribution in [0, 0.1) is 10.1 Å². The average molecular weight is 389 g/mol. The number of aliphatic hydroxyl groups excluding tert-OH is 1. The van der Waals surface area contributed by atoms with Crippen LogP contribution in [-0.2, 0) is 9.53 Å². The fraction of sp³-hybridized carbons (Fsp3) is 0.222. The normalized spacial score (nSPS) is 10.1. The van der Waals surface area contributed by atoms with Gasteiger partial charge in [0.2, 0.25) is 0 Å². The van der Waals surface area contributed by atoms with Crippen molar-refractivity contribution in [2.24, 2.45) is 0 Å². The lowest BCUT2D eigenvalue weighted by molar-refractivity contribution is -0.384. The van der Waals surface area contributed by atoms with Crippen molar-refractivity contribution in [1.29, 1.82) is 0 Å². The zero-order valence-electron chi connectivity index (χ0n) is 15.0. The van der Waals surface area contributed by atoms with Crippen LogP contribution in [0.25, 0.3) is 0 Å². The number of carbonyl (C=O) groups is 2. The molecule has 2 aromatic rings. The first-order chi connectivity index (χ1) is 13.4. The van der Waals surface area contributed by atoms with E-state index in [1.165, 1.54) is 19.2 Å². The second-order valence-electron chi connectivity index (χ2n) is 5.49. The summed E-state index contributed by atoms with van der Waals surface area (Å²) in [5.74, 6) is -0.951. The Balaban J connectivity index is 2.05. The molecule has 0 fully saturated rings. The summed E-state index contributed by atoms with van der Waals surface area (Å²) in [7, 11) is 1.49. The largest absolute Gasteiger partial charge is 0.497 e. The zero-order valence-corrected chi connectivity index (χ0v) is 15.0. The van der Waals surface area contributed by atoms with Crippen LogP contribution in [0.5, 0.6) is 5.75 Å². The molecule has 10 heteroatoms. The SMILES string of the molecule is COc1cccc(NC(=O)COC(=O)c2cc([N+](=O)[O-])ccc2NCCO)c1. The number of hydrogen-bond acceptors (Lipinski definition) is 8. The van der Waals surface area contributed by atoms with Gasteiger partial charge in [-0.1, -0.05) is 6.07 Å². The molecule has 0 spiro atoms. The Morgan fingerprint density at radius 2 is 2.00 bits per heavy atom. The van der Waals surface area contributed by atoms with Crippen molar-refractivity contribution in [3.8, 4) is 5.75 Å². The molecule has 3 N–H and O–H groups in total. The van der Waals surface area contributed by atoms with Crippen molar-refractivity contribution in [3.63, 3.8) is 0 Å². The molecule has 0 aliphatic heterocycles. The number of hydrogen-bond donors (Lipinski definition) is 3. The van der Waals surface area contributed by atoms with E-state index in [4.69, 9.17) is 14.6 Å². The van der Waals surface area contributed by atoms with Crippen molar-refractivity contribution >= 4 is 28.9 Å². The van der Waals surface area contributed by atoms with Gasteiger partial charge in [-0.2, -0.15) is 0 Å². The van der Waals surface area contributed by atoms with Gasteiger partial charge >= 0.3 is 5.97 Å². The average Bonchev–Trinajstić information content (AvgIpc) is 2.70. The van der Waals surface area contributed by atoms with E-state index < -0.39 is 23.4 Å². The lowest BCUT2D eigenvalue weighted by Gasteiger charge is -2.11. The number of anilines is 2. The van der Waals surface area contributed by atoms with Crippen LogP contribution in [0.15, 0.2) is 42.5 Å². The summed E-state index contributed by atoms with van der Waals surface area (Å²) in [6, 6.07) is 10.2. The van der Waals surface area contributed by atoms with Crippen molar-refractivity contribution in [1.82, 2.24) is 0 Å². The summed E-state index contributed by atoms with van der Waals surface area (Å²) < 4.78 is 10.0. The van der Waals surface area contributed by atoms with Crippen molar-refractivity contribution in [3.05, 3.63) is 58.1 Å². The maximum absolute atomic E-state index is 12.3. The quantitative estimate of drug-likeness (QED) is 0.335. The Morgan fingerprint density at radius 1 is 1.21 bits per heavy atom. The second kappa shape index (κ2) is 9.88. The minimum absolute atomic E-state index is 0.114. The second-order valence-corrected chi connectivity index (χ2v) is 5.49. The number of carbonyl (C=O) groups excluding carboxylic acids is 2. The molecule has 148 valence electrons. The fourth-order valence-corrected chi connectivity index (χ4v) is 2.27. The molecule has 0 aromatic heterocycles. The maximum Gasteiger partial charge on any atom is 0.341 e. The molecule has 0 saturated carbocycles. The number of nitro groups is 1. The molecule has 28 heavy (non-hydrogen) atoms. The molecular weight excluding hydrogens is 370 g/mol. The third kappa shape index (κ3) is 5.68. The molecular formula is C18H19N3O7. The number of methoxy groups -OCH3 is 1. The summed E-state index contributed by atoms with van der Waals surface area (Å²) in [6.45, 7) is -0.652. The molecule has 0 atom stereocenters. The van der Waals surface area contributed by atoms with E-state index in [2.05, 4.69) is 10.6 Å². The molecule has 0 heterocycles. The minimum Gasteiger partial charge on any atom is -0.497 e. The van der Waals surface area contributed by atoms with Gasteiger partial charge < -0.3 is 25.2 Å². The van der Waals surface area contributed by atoms with E-state index in [0.29, 0.717) is 11.4 Å². The van der Waals surface area contributed by atoms with E-state index in [-0.39, 0.29) is 30.1 Å². The van der Waals surface area contributed by atoms with E-state index in [1.54, 1.807) is 24.3 Å². The highest BCUT2D eigenvalue weighted by Gasteiger charge is 2.19. The first-order valence-electron chi connectivity index (χ1n) is 8.18. The molecule has 0 bridgehead atoms. The molecule has 2 rings (SSSR count). The van der Waals surface area contributed by atoms with Crippen LogP contribution in [0.3, 0.4) is 0 Å². The Labute approximate surface area is 160 Å². The number of nitrogens with zero attached hydrogens (tertiary/aromatic N) is 1. The number of ether oxygens (including phenoxy) is 2. The van der Waals surface area contributed by atoms with Gasteiger partial charge in [0.25, 0.3) is 11.6 Å². The van der Waals surface area contributed by atoms with Crippen LogP contribution >= 0.6 is 0 Å². The van der Waals surface area contributed by atoms with E-state index >= 15 is 0 Å². The minimum atomic E-state index is -0.912. The van der Waals surface area contributed by atoms with Gasteiger partial charge in [0, 0.05) is 36.1 Å². The topological polar surface area (TPSA) is 140 Å². The summed E-state index contributed by atoms with van der Waals surface area (Å²) in [4.78, 5) is 34.6. The fourth-order valence-electron chi connectivity index (χ4n) is 2.27. The molecule has 0 aliphatic carbocycles. The number of benzene rings is 2. The van der Waals surface area contributed by atoms with Gasteiger partial charge in [0.05, 0.1) is 24.2 Å². The van der Waals surface area contributed by atoms with Gasteiger partial charge in [-0.25, -0.2) is 4.79 Å². The highest BCUT2D eigenvalue weighted by molar-refractivity contribution is 5.99. The highest BCUT2D eigenvalue weighted by atomic mass is 16.6. The van der Waals surface area contributed by atoms with Crippen LogP contribution in [0.1, 0.15) is 10.4 Å². The summed E-state index contributed by atoms with van der Waals surface area (Å²) in [6.07, 6.45) is 0. The van der Waals surface area contributed by atoms with Gasteiger partial charge in [-0.05, 0) is 18.2 Å². The van der Waals surface area contributed by atoms with Gasteiger partial charge in [-0.3, -0.25) is 14.9 Å². The third-order valence-electron chi connectivity index (χ3n) is 3.55. The third-order valence-corrected chi connectivity index (χ3v) is 3.55. The number of nitrogens with one attached hydrogen (secondary N) is 2. The maximum atomic E-state index is 12.3. The molecule has 10 nitrogen and oxygen atoms in total. The standard InChI is InChI=1S/C18H19N3O7/c1-27-14-4-2-3-12(9-14)20-17(23)11-28-18(24)15-10-13(21(25)26)5-6-16(15)19-7-8-22/h2-6,9-10,19,22H,7-8,11H2,1H3,(H,20,23). The monoisotopic (exact) mass is 389 g/mol. The number of non-ortho nitro benzene ring substituents is 1. The summed E-state index contributed by atoms with van der Waals surface area (Å²) >= 11 is 0. The summed E-state index contributed by atoms with van der Waals surface area (Å²) in [5.41, 5.74) is 0.290. The lowest BCUT2D eigenvalue weighted by Crippen LogP contribution is -2.21. The predicted octanol–water partition coefficient (Wildman–Crippen LogP) is 1.80. The first kappa shape index (κ1) is 20.6. The van der Waals surface area contributed by atoms with E-state index in [9.17, 15) is 19.7 Å². The zero-order chi connectivity index (χ0) is 20.5. The number of esters is 1. The molecule has 0 saturated heterocycles. The lowest BCUT2D eigenvalue weighted by atomic mass is 10.1. The molecule has 0 unspecified atom stereocenters. The van der Waals surface area contributed by atoms with E-state index in [0.717, 1.165) is 6.07 Å². The number of amides is 1. The smallest absolute Gasteiger partial charge is 0.341 e. The predicted molar refractivity (Wildman–Crippen MR) is 101 cm³/mol. The molecule has 0 radical (unpaired) electrons. The molecule has 0 aliphatic rings. The molecule has 1 amide bonds. The Bertz CT molecular complexity index is 870. The van der Waals surface area contributed by atoms with Gasteiger partial charge in [-0.15, -0.1) is 0 Å². The van der Waals surface area contributed by atoms with Crippen molar-refractivity contribution in [2.45, 2.75) is 0 Å². The Kier molecular flexibility index (Phi) is 7.28. The number of rotatable bonds is 9. The number of aliphatic hydroxyl groups is 1. The molecule has 2 aromatic carbocycles. The van der Waals surface area contributed by atoms with E-state index in [1.807, 2.05) is 0 Å². The van der Waals surface area contributed by atoms with Crippen LogP contribution in [0.4, 0.5) is 17.1 Å². The van der Waals surface area contributed by atoms with Gasteiger partial charge in [0.1, 0.15) is 5.75 Å². The van der Waals surface area contributed by atoms with Crippen molar-refractivity contribution < 1.29 is 29.1 Å². The Hall–Kier alpha value is -3.66. The first-order valence-corrected chi connectivity index (χ1v) is 8.18. The highest BCUT2D eigenvalue weighted by Crippen LogP contribution is 2.23. The van der Waals surface area contributed by atoms with Crippen LogP contribution in [-0.4, -0.2) is 48.8 Å². The number of nitro benzene ring substituents is 1.